The fourth-order valence-electron chi connectivity index (χ4n) is 4.20. The van der Waals surface area contributed by atoms with Crippen molar-refractivity contribution in [1.29, 1.82) is 0 Å². The Morgan fingerprint density at radius 3 is 2.53 bits per heavy atom. The van der Waals surface area contributed by atoms with Gasteiger partial charge in [0.2, 0.25) is 0 Å². The molecule has 0 bridgehead atoms. The number of furan rings is 1. The molecule has 0 amide bonds. The molecule has 3 heterocycles. The Labute approximate surface area is 216 Å². The predicted octanol–water partition coefficient (Wildman–Crippen LogP) is 4.56. The Bertz CT molecular complexity index is 1630. The molecule has 5 rings (SSSR count). The van der Waals surface area contributed by atoms with Crippen LogP contribution in [0.25, 0.3) is 11.8 Å². The van der Waals surface area contributed by atoms with Gasteiger partial charge in [0.25, 0.3) is 5.56 Å². The normalized spacial score (nSPS) is 15.5. The molecule has 0 radical (unpaired) electrons. The molecular formula is C28H24N2O4S2. The van der Waals surface area contributed by atoms with Gasteiger partial charge in [0.1, 0.15) is 11.5 Å². The van der Waals surface area contributed by atoms with Crippen LogP contribution in [-0.4, -0.2) is 23.4 Å². The van der Waals surface area contributed by atoms with Crippen molar-refractivity contribution in [3.8, 4) is 0 Å². The maximum Gasteiger partial charge on any atom is 0.338 e. The summed E-state index contributed by atoms with van der Waals surface area (Å²) in [5.41, 5.74) is 2.20. The molecule has 0 spiro atoms. The van der Waals surface area contributed by atoms with Crippen LogP contribution in [0.1, 0.15) is 35.6 Å². The molecule has 0 saturated carbocycles. The van der Waals surface area contributed by atoms with Crippen LogP contribution in [0.4, 0.5) is 0 Å². The first-order valence-corrected chi connectivity index (χ1v) is 13.5. The Morgan fingerprint density at radius 1 is 1.14 bits per heavy atom. The third kappa shape index (κ3) is 4.50. The number of rotatable bonds is 6. The molecule has 0 saturated heterocycles. The summed E-state index contributed by atoms with van der Waals surface area (Å²) in [5, 5.41) is 0. The second-order valence-corrected chi connectivity index (χ2v) is 10.0. The summed E-state index contributed by atoms with van der Waals surface area (Å²) in [6, 6.07) is 20.4. The molecule has 4 aromatic rings. The minimum absolute atomic E-state index is 0.213. The van der Waals surface area contributed by atoms with E-state index in [4.69, 9.17) is 14.1 Å². The van der Waals surface area contributed by atoms with Crippen LogP contribution < -0.4 is 14.9 Å². The summed E-state index contributed by atoms with van der Waals surface area (Å²) >= 11 is 2.90. The summed E-state index contributed by atoms with van der Waals surface area (Å²) in [4.78, 5) is 33.6. The molecule has 2 aromatic carbocycles. The van der Waals surface area contributed by atoms with Crippen LogP contribution in [0.3, 0.4) is 0 Å². The van der Waals surface area contributed by atoms with E-state index in [2.05, 4.69) is 0 Å². The summed E-state index contributed by atoms with van der Waals surface area (Å²) in [6.45, 7) is 3.84. The highest BCUT2D eigenvalue weighted by molar-refractivity contribution is 7.98. The molecule has 1 unspecified atom stereocenters. The standard InChI is InChI=1S/C28H24N2O4S2/c1-4-33-27(32)23-24(18-8-6-5-7-9-18)29-28-30(25(23)19-11-14-21(35-3)15-12-19)26(31)22(36-28)16-20-13-10-17(2)34-20/h5-16,25H,4H2,1-3H3/b22-16-. The molecule has 1 aliphatic rings. The fraction of sp³-hybridized carbons (Fsp3) is 0.179. The second-order valence-electron chi connectivity index (χ2n) is 8.15. The fourth-order valence-corrected chi connectivity index (χ4v) is 5.59. The number of aromatic nitrogens is 1. The number of carbonyl (C=O) groups excluding carboxylic acids is 1. The lowest BCUT2D eigenvalue weighted by molar-refractivity contribution is -0.138. The molecule has 0 N–H and O–H groups in total. The van der Waals surface area contributed by atoms with Crippen LogP contribution >= 0.6 is 23.1 Å². The molecule has 1 atom stereocenters. The van der Waals surface area contributed by atoms with Crippen LogP contribution in [0.15, 0.2) is 91.4 Å². The number of nitrogens with zero attached hydrogens (tertiary/aromatic N) is 2. The number of benzene rings is 2. The van der Waals surface area contributed by atoms with Crippen molar-refractivity contribution >= 4 is 40.8 Å². The number of thioether (sulfide) groups is 1. The molecule has 182 valence electrons. The number of carbonyl (C=O) groups is 1. The summed E-state index contributed by atoms with van der Waals surface area (Å²) in [5.74, 6) is 0.860. The van der Waals surface area contributed by atoms with Crippen molar-refractivity contribution < 1.29 is 13.9 Å². The number of hydrogen-bond acceptors (Lipinski definition) is 7. The lowest BCUT2D eigenvalue weighted by Gasteiger charge is -2.26. The molecule has 6 nitrogen and oxygen atoms in total. The van der Waals surface area contributed by atoms with Gasteiger partial charge in [-0.05, 0) is 49.9 Å². The molecule has 0 aliphatic carbocycles. The van der Waals surface area contributed by atoms with Gasteiger partial charge >= 0.3 is 5.97 Å². The number of thiazole rings is 1. The summed E-state index contributed by atoms with van der Waals surface area (Å²) in [6.07, 6.45) is 3.73. The first-order valence-electron chi connectivity index (χ1n) is 11.5. The molecular weight excluding hydrogens is 492 g/mol. The van der Waals surface area contributed by atoms with E-state index in [9.17, 15) is 9.59 Å². The lowest BCUT2D eigenvalue weighted by atomic mass is 9.93. The van der Waals surface area contributed by atoms with E-state index in [1.807, 2.05) is 79.9 Å². The van der Waals surface area contributed by atoms with Crippen molar-refractivity contribution in [3.63, 3.8) is 0 Å². The van der Waals surface area contributed by atoms with Gasteiger partial charge in [-0.2, -0.15) is 0 Å². The van der Waals surface area contributed by atoms with Gasteiger partial charge in [-0.3, -0.25) is 9.36 Å². The smallest absolute Gasteiger partial charge is 0.338 e. The van der Waals surface area contributed by atoms with Gasteiger partial charge in [0.05, 0.1) is 28.5 Å². The molecule has 1 aliphatic heterocycles. The van der Waals surface area contributed by atoms with Gasteiger partial charge in [0.15, 0.2) is 4.80 Å². The zero-order valence-electron chi connectivity index (χ0n) is 20.1. The minimum atomic E-state index is -0.688. The van der Waals surface area contributed by atoms with Crippen molar-refractivity contribution in [1.82, 2.24) is 4.57 Å². The number of esters is 1. The third-order valence-electron chi connectivity index (χ3n) is 5.84. The molecule has 8 heteroatoms. The Kier molecular flexibility index (Phi) is 6.80. The number of fused-ring (bicyclic) bond motifs is 1. The highest BCUT2D eigenvalue weighted by Gasteiger charge is 2.35. The molecule has 0 fully saturated rings. The average molecular weight is 517 g/mol. The summed E-state index contributed by atoms with van der Waals surface area (Å²) in [7, 11) is 0. The largest absolute Gasteiger partial charge is 0.463 e. The van der Waals surface area contributed by atoms with Gasteiger partial charge in [-0.25, -0.2) is 9.79 Å². The van der Waals surface area contributed by atoms with E-state index in [-0.39, 0.29) is 12.2 Å². The molecule has 36 heavy (non-hydrogen) atoms. The van der Waals surface area contributed by atoms with E-state index < -0.39 is 12.0 Å². The van der Waals surface area contributed by atoms with E-state index in [1.54, 1.807) is 29.3 Å². The van der Waals surface area contributed by atoms with Crippen molar-refractivity contribution in [2.24, 2.45) is 4.99 Å². The summed E-state index contributed by atoms with van der Waals surface area (Å²) < 4.78 is 13.2. The van der Waals surface area contributed by atoms with E-state index in [0.717, 1.165) is 21.8 Å². The molecule has 2 aromatic heterocycles. The maximum atomic E-state index is 13.8. The Hall–Kier alpha value is -3.62. The van der Waals surface area contributed by atoms with Gasteiger partial charge in [-0.1, -0.05) is 53.8 Å². The average Bonchev–Trinajstić information content (AvgIpc) is 3.45. The lowest BCUT2D eigenvalue weighted by Crippen LogP contribution is -2.40. The van der Waals surface area contributed by atoms with Gasteiger partial charge in [-0.15, -0.1) is 11.8 Å². The Balaban J connectivity index is 1.82. The van der Waals surface area contributed by atoms with Crippen LogP contribution in [-0.2, 0) is 9.53 Å². The van der Waals surface area contributed by atoms with Gasteiger partial charge < -0.3 is 9.15 Å². The second kappa shape index (κ2) is 10.2. The van der Waals surface area contributed by atoms with Crippen molar-refractivity contribution in [3.05, 3.63) is 115 Å². The van der Waals surface area contributed by atoms with Crippen LogP contribution in [0, 0.1) is 6.92 Å². The minimum Gasteiger partial charge on any atom is -0.463 e. The van der Waals surface area contributed by atoms with Crippen LogP contribution in [0.2, 0.25) is 0 Å². The van der Waals surface area contributed by atoms with E-state index >= 15 is 0 Å². The zero-order valence-corrected chi connectivity index (χ0v) is 21.7. The zero-order chi connectivity index (χ0) is 25.2. The first-order chi connectivity index (χ1) is 17.5. The first kappa shape index (κ1) is 24.1. The number of hydrogen-bond donors (Lipinski definition) is 0. The van der Waals surface area contributed by atoms with E-state index in [0.29, 0.717) is 26.4 Å². The van der Waals surface area contributed by atoms with E-state index in [1.165, 1.54) is 11.3 Å². The van der Waals surface area contributed by atoms with Crippen molar-refractivity contribution in [2.45, 2.75) is 24.8 Å². The third-order valence-corrected chi connectivity index (χ3v) is 7.57. The highest BCUT2D eigenvalue weighted by atomic mass is 32.2. The van der Waals surface area contributed by atoms with Gasteiger partial charge in [0, 0.05) is 16.5 Å². The Morgan fingerprint density at radius 2 is 1.89 bits per heavy atom. The monoisotopic (exact) mass is 516 g/mol. The maximum absolute atomic E-state index is 13.8. The SMILES string of the molecule is CCOC(=O)C1=C(c2ccccc2)N=c2s/c(=C\c3ccc(C)o3)c(=O)n2C1c1ccc(SC)cc1. The number of ether oxygens (including phenoxy) is 1. The van der Waals surface area contributed by atoms with Crippen LogP contribution in [0.5, 0.6) is 0 Å². The highest BCUT2D eigenvalue weighted by Crippen LogP contribution is 2.35. The quantitative estimate of drug-likeness (QED) is 0.278. The number of aryl methyl sites for hydroxylation is 1. The topological polar surface area (TPSA) is 73.8 Å². The van der Waals surface area contributed by atoms with Crippen molar-refractivity contribution in [2.75, 3.05) is 12.9 Å². The predicted molar refractivity (Wildman–Crippen MR) is 143 cm³/mol.